The van der Waals surface area contributed by atoms with Crippen molar-refractivity contribution in [3.05, 3.63) is 59.7 Å². The van der Waals surface area contributed by atoms with Crippen molar-refractivity contribution in [1.82, 2.24) is 5.32 Å². The molecule has 152 valence electrons. The van der Waals surface area contributed by atoms with E-state index in [1.807, 2.05) is 12.1 Å². The second-order valence-corrected chi connectivity index (χ2v) is 7.40. The normalized spacial score (nSPS) is 15.6. The van der Waals surface area contributed by atoms with Gasteiger partial charge in [-0.25, -0.2) is 0 Å². The van der Waals surface area contributed by atoms with Crippen LogP contribution >= 0.6 is 0 Å². The summed E-state index contributed by atoms with van der Waals surface area (Å²) in [5.74, 6) is 2.83. The highest BCUT2D eigenvalue weighted by atomic mass is 16.5. The molecule has 0 radical (unpaired) electrons. The summed E-state index contributed by atoms with van der Waals surface area (Å²) in [6.07, 6.45) is 5.42. The first-order chi connectivity index (χ1) is 14.4. The minimum atomic E-state index is 0.731. The molecule has 5 heteroatoms. The fourth-order valence-corrected chi connectivity index (χ4v) is 3.58. The second-order valence-electron chi connectivity index (χ2n) is 7.40. The molecule has 2 aromatic rings. The van der Waals surface area contributed by atoms with Gasteiger partial charge in [-0.15, -0.1) is 0 Å². The molecule has 2 aliphatic rings. The highest BCUT2D eigenvalue weighted by Crippen LogP contribution is 2.18. The van der Waals surface area contributed by atoms with Crippen LogP contribution in [0.1, 0.15) is 43.2 Å². The number of ether oxygens (including phenoxy) is 2. The maximum Gasteiger partial charge on any atom is 0.128 e. The number of amidine groups is 1. The lowest BCUT2D eigenvalue weighted by atomic mass is 10.1. The third-order valence-electron chi connectivity index (χ3n) is 5.19. The van der Waals surface area contributed by atoms with Gasteiger partial charge in [-0.3, -0.25) is 9.98 Å². The minimum absolute atomic E-state index is 0.731. The predicted molar refractivity (Wildman–Crippen MR) is 118 cm³/mol. The van der Waals surface area contributed by atoms with E-state index < -0.39 is 0 Å². The van der Waals surface area contributed by atoms with Crippen LogP contribution in [0.4, 0.5) is 0 Å². The van der Waals surface area contributed by atoms with Crippen LogP contribution in [0.3, 0.4) is 0 Å². The summed E-state index contributed by atoms with van der Waals surface area (Å²) in [5.41, 5.74) is 3.58. The quantitative estimate of drug-likeness (QED) is 0.616. The van der Waals surface area contributed by atoms with Crippen LogP contribution in [0.15, 0.2) is 58.5 Å². The molecular formula is C24H29N3O2. The third kappa shape index (κ3) is 5.59. The molecule has 0 saturated heterocycles. The minimum Gasteiger partial charge on any atom is -0.494 e. The van der Waals surface area contributed by atoms with Crippen molar-refractivity contribution in [3.8, 4) is 11.5 Å². The van der Waals surface area contributed by atoms with Crippen LogP contribution < -0.4 is 14.8 Å². The van der Waals surface area contributed by atoms with Crippen molar-refractivity contribution >= 4 is 11.5 Å². The average Bonchev–Trinajstić information content (AvgIpc) is 3.48. The molecule has 2 heterocycles. The van der Waals surface area contributed by atoms with Gasteiger partial charge in [-0.05, 0) is 86.2 Å². The van der Waals surface area contributed by atoms with Crippen LogP contribution in [-0.2, 0) is 0 Å². The van der Waals surface area contributed by atoms with E-state index in [0.29, 0.717) is 0 Å². The van der Waals surface area contributed by atoms with Crippen molar-refractivity contribution in [2.24, 2.45) is 9.98 Å². The standard InChI is InChI=1S/C24H29N3O2/c1(2-17-28-21-10-6-19(7-11-21)23-5-4-14-25-23)3-18-29-22-12-8-20(9-13-22)24-26-15-16-27-24/h6-13H,1-5,14-18H2,(H,26,27). The molecule has 2 aromatic carbocycles. The van der Waals surface area contributed by atoms with Crippen molar-refractivity contribution in [2.75, 3.05) is 32.8 Å². The highest BCUT2D eigenvalue weighted by Gasteiger charge is 2.09. The molecule has 0 fully saturated rings. The molecule has 1 N–H and O–H groups in total. The van der Waals surface area contributed by atoms with E-state index in [1.165, 1.54) is 17.7 Å². The Morgan fingerprint density at radius 3 is 1.93 bits per heavy atom. The fourth-order valence-electron chi connectivity index (χ4n) is 3.58. The van der Waals surface area contributed by atoms with Crippen LogP contribution in [-0.4, -0.2) is 44.4 Å². The van der Waals surface area contributed by atoms with Gasteiger partial charge in [-0.1, -0.05) is 0 Å². The monoisotopic (exact) mass is 391 g/mol. The van der Waals surface area contributed by atoms with Crippen LogP contribution in [0.2, 0.25) is 0 Å². The molecule has 0 saturated carbocycles. The smallest absolute Gasteiger partial charge is 0.128 e. The summed E-state index contributed by atoms with van der Waals surface area (Å²) in [4.78, 5) is 8.97. The first kappa shape index (κ1) is 19.5. The number of aliphatic imine (C=N–C) groups is 2. The number of nitrogens with one attached hydrogen (secondary N) is 1. The summed E-state index contributed by atoms with van der Waals surface area (Å²) in [7, 11) is 0. The SMILES string of the molecule is c1cc(C2=NCCC2)ccc1OCCCCCOc1ccc(C2=NCCN2)cc1. The van der Waals surface area contributed by atoms with E-state index >= 15 is 0 Å². The number of hydrogen-bond donors (Lipinski definition) is 1. The van der Waals surface area contributed by atoms with Crippen molar-refractivity contribution in [2.45, 2.75) is 32.1 Å². The zero-order valence-corrected chi connectivity index (χ0v) is 16.9. The lowest BCUT2D eigenvalue weighted by Gasteiger charge is -2.09. The van der Waals surface area contributed by atoms with Gasteiger partial charge in [0.1, 0.15) is 17.3 Å². The average molecular weight is 392 g/mol. The molecule has 0 unspecified atom stereocenters. The first-order valence-electron chi connectivity index (χ1n) is 10.7. The maximum absolute atomic E-state index is 5.85. The lowest BCUT2D eigenvalue weighted by molar-refractivity contribution is 0.279. The number of nitrogens with zero attached hydrogens (tertiary/aromatic N) is 2. The van der Waals surface area contributed by atoms with Gasteiger partial charge in [-0.2, -0.15) is 0 Å². The van der Waals surface area contributed by atoms with Gasteiger partial charge in [0.25, 0.3) is 0 Å². The maximum atomic E-state index is 5.85. The van der Waals surface area contributed by atoms with E-state index in [1.54, 1.807) is 0 Å². The Morgan fingerprint density at radius 1 is 0.724 bits per heavy atom. The molecule has 0 bridgehead atoms. The zero-order valence-electron chi connectivity index (χ0n) is 16.9. The molecule has 0 spiro atoms. The molecule has 0 amide bonds. The topological polar surface area (TPSA) is 55.2 Å². The lowest BCUT2D eigenvalue weighted by Crippen LogP contribution is -2.19. The first-order valence-corrected chi connectivity index (χ1v) is 10.7. The zero-order chi connectivity index (χ0) is 19.7. The Balaban J connectivity index is 1.08. The molecule has 29 heavy (non-hydrogen) atoms. The molecule has 0 atom stereocenters. The van der Waals surface area contributed by atoms with E-state index in [-0.39, 0.29) is 0 Å². The Bertz CT molecular complexity index is 770. The predicted octanol–water partition coefficient (Wildman–Crippen LogP) is 4.25. The summed E-state index contributed by atoms with van der Waals surface area (Å²) in [6, 6.07) is 16.5. The van der Waals surface area contributed by atoms with Crippen LogP contribution in [0.5, 0.6) is 11.5 Å². The number of unbranched alkanes of at least 4 members (excludes halogenated alkanes) is 2. The number of hydrogen-bond acceptors (Lipinski definition) is 5. The fraction of sp³-hybridized carbons (Fsp3) is 0.417. The molecule has 4 rings (SSSR count). The van der Waals surface area contributed by atoms with Crippen LogP contribution in [0.25, 0.3) is 0 Å². The summed E-state index contributed by atoms with van der Waals surface area (Å²) >= 11 is 0. The third-order valence-corrected chi connectivity index (χ3v) is 5.19. The summed E-state index contributed by atoms with van der Waals surface area (Å²) in [6.45, 7) is 4.23. The van der Waals surface area contributed by atoms with E-state index in [2.05, 4.69) is 51.7 Å². The van der Waals surface area contributed by atoms with Crippen LogP contribution in [0, 0.1) is 0 Å². The van der Waals surface area contributed by atoms with Gasteiger partial charge >= 0.3 is 0 Å². The Kier molecular flexibility index (Phi) is 6.79. The van der Waals surface area contributed by atoms with Gasteiger partial charge in [0.15, 0.2) is 0 Å². The number of benzene rings is 2. The van der Waals surface area contributed by atoms with Crippen molar-refractivity contribution < 1.29 is 9.47 Å². The van der Waals surface area contributed by atoms with Crippen molar-refractivity contribution in [3.63, 3.8) is 0 Å². The van der Waals surface area contributed by atoms with E-state index in [0.717, 1.165) is 81.4 Å². The number of rotatable bonds is 10. The van der Waals surface area contributed by atoms with Gasteiger partial charge in [0.05, 0.1) is 19.8 Å². The molecule has 5 nitrogen and oxygen atoms in total. The van der Waals surface area contributed by atoms with Gasteiger partial charge in [0.2, 0.25) is 0 Å². The molecule has 2 aliphatic heterocycles. The summed E-state index contributed by atoms with van der Waals surface area (Å²) < 4.78 is 11.7. The van der Waals surface area contributed by atoms with Gasteiger partial charge < -0.3 is 14.8 Å². The highest BCUT2D eigenvalue weighted by molar-refractivity contribution is 6.01. The Hall–Kier alpha value is -2.82. The summed E-state index contributed by atoms with van der Waals surface area (Å²) in [5, 5.41) is 3.28. The molecule has 0 aromatic heterocycles. The largest absolute Gasteiger partial charge is 0.494 e. The van der Waals surface area contributed by atoms with Crippen molar-refractivity contribution in [1.29, 1.82) is 0 Å². The Labute approximate surface area is 172 Å². The van der Waals surface area contributed by atoms with E-state index in [9.17, 15) is 0 Å². The van der Waals surface area contributed by atoms with Gasteiger partial charge in [0, 0.05) is 24.4 Å². The Morgan fingerprint density at radius 2 is 1.38 bits per heavy atom. The second kappa shape index (κ2) is 10.1. The van der Waals surface area contributed by atoms with E-state index in [4.69, 9.17) is 9.47 Å². The molecule has 0 aliphatic carbocycles. The molecular weight excluding hydrogens is 362 g/mol.